The molecular weight excluding hydrogens is 324 g/mol. The van der Waals surface area contributed by atoms with E-state index in [1.54, 1.807) is 24.2 Å². The third kappa shape index (κ3) is 4.45. The van der Waals surface area contributed by atoms with Crippen molar-refractivity contribution in [2.24, 2.45) is 0 Å². The number of aromatic nitrogens is 2. The van der Waals surface area contributed by atoms with E-state index in [-0.39, 0.29) is 5.91 Å². The van der Waals surface area contributed by atoms with E-state index in [1.807, 2.05) is 56.3 Å². The first-order valence-corrected chi connectivity index (χ1v) is 8.49. The largest absolute Gasteiger partial charge is 0.336 e. The molecule has 0 spiro atoms. The average Bonchev–Trinajstić information content (AvgIpc) is 2.61. The fraction of sp³-hybridized carbons (Fsp3) is 0.190. The summed E-state index contributed by atoms with van der Waals surface area (Å²) in [7, 11) is 1.77. The number of carbonyl (C=O) groups is 1. The van der Waals surface area contributed by atoms with Crippen LogP contribution in [0.3, 0.4) is 0 Å². The first-order valence-electron chi connectivity index (χ1n) is 8.49. The first-order chi connectivity index (χ1) is 12.5. The lowest BCUT2D eigenvalue weighted by atomic mass is 10.1. The number of amides is 1. The molecule has 0 atom stereocenters. The molecule has 2 aromatic carbocycles. The molecule has 0 saturated carbocycles. The highest BCUT2D eigenvalue weighted by Crippen LogP contribution is 2.17. The molecule has 0 aliphatic rings. The maximum Gasteiger partial charge on any atom is 0.272 e. The van der Waals surface area contributed by atoms with Crippen molar-refractivity contribution in [3.8, 4) is 0 Å². The molecule has 132 valence electrons. The highest BCUT2D eigenvalue weighted by Gasteiger charge is 2.14. The van der Waals surface area contributed by atoms with Gasteiger partial charge in [-0.1, -0.05) is 36.4 Å². The van der Waals surface area contributed by atoms with Crippen molar-refractivity contribution in [2.75, 3.05) is 12.4 Å². The van der Waals surface area contributed by atoms with Crippen molar-refractivity contribution < 1.29 is 4.79 Å². The summed E-state index contributed by atoms with van der Waals surface area (Å²) >= 11 is 0. The minimum absolute atomic E-state index is 0.139. The standard InChI is InChI=1S/C21H22N4O/c1-15-11-16(2)13-18(12-15)23-21-22-10-9-19(24-21)20(26)25(3)14-17-7-5-4-6-8-17/h4-13H,14H2,1-3H3,(H,22,23,24). The van der Waals surface area contributed by atoms with Crippen LogP contribution in [-0.2, 0) is 6.54 Å². The summed E-state index contributed by atoms with van der Waals surface area (Å²) in [6.45, 7) is 4.61. The molecule has 0 aliphatic carbocycles. The summed E-state index contributed by atoms with van der Waals surface area (Å²) in [4.78, 5) is 22.9. The van der Waals surface area contributed by atoms with Crippen LogP contribution in [0.5, 0.6) is 0 Å². The number of nitrogens with zero attached hydrogens (tertiary/aromatic N) is 3. The van der Waals surface area contributed by atoms with Crippen LogP contribution in [0.1, 0.15) is 27.2 Å². The second-order valence-corrected chi connectivity index (χ2v) is 6.41. The van der Waals surface area contributed by atoms with Crippen molar-refractivity contribution in [1.82, 2.24) is 14.9 Å². The quantitative estimate of drug-likeness (QED) is 0.755. The van der Waals surface area contributed by atoms with E-state index < -0.39 is 0 Å². The van der Waals surface area contributed by atoms with E-state index in [2.05, 4.69) is 21.4 Å². The molecule has 1 N–H and O–H groups in total. The third-order valence-corrected chi connectivity index (χ3v) is 3.96. The Morgan fingerprint density at radius 3 is 2.42 bits per heavy atom. The van der Waals surface area contributed by atoms with Gasteiger partial charge in [-0.3, -0.25) is 4.79 Å². The van der Waals surface area contributed by atoms with E-state index in [0.717, 1.165) is 22.4 Å². The molecular formula is C21H22N4O. The molecule has 1 heterocycles. The zero-order valence-electron chi connectivity index (χ0n) is 15.2. The van der Waals surface area contributed by atoms with Gasteiger partial charge in [0.05, 0.1) is 0 Å². The second-order valence-electron chi connectivity index (χ2n) is 6.41. The normalized spacial score (nSPS) is 10.4. The molecule has 26 heavy (non-hydrogen) atoms. The van der Waals surface area contributed by atoms with Crippen LogP contribution in [0, 0.1) is 13.8 Å². The van der Waals surface area contributed by atoms with Crippen molar-refractivity contribution >= 4 is 17.5 Å². The lowest BCUT2D eigenvalue weighted by molar-refractivity contribution is 0.0779. The van der Waals surface area contributed by atoms with Crippen LogP contribution in [0.2, 0.25) is 0 Å². The van der Waals surface area contributed by atoms with Crippen molar-refractivity contribution in [3.05, 3.63) is 83.2 Å². The maximum atomic E-state index is 12.7. The fourth-order valence-electron chi connectivity index (χ4n) is 2.84. The molecule has 0 aliphatic heterocycles. The van der Waals surface area contributed by atoms with Gasteiger partial charge >= 0.3 is 0 Å². The number of benzene rings is 2. The number of hydrogen-bond donors (Lipinski definition) is 1. The molecule has 0 bridgehead atoms. The predicted octanol–water partition coefficient (Wildman–Crippen LogP) is 4.11. The van der Waals surface area contributed by atoms with Crippen LogP contribution in [0.25, 0.3) is 0 Å². The summed E-state index contributed by atoms with van der Waals surface area (Å²) in [5.74, 6) is 0.272. The van der Waals surface area contributed by atoms with Gasteiger partial charge in [0.25, 0.3) is 5.91 Å². The van der Waals surface area contributed by atoms with Crippen molar-refractivity contribution in [2.45, 2.75) is 20.4 Å². The van der Waals surface area contributed by atoms with Gasteiger partial charge in [0.15, 0.2) is 0 Å². The fourth-order valence-corrected chi connectivity index (χ4v) is 2.84. The Kier molecular flexibility index (Phi) is 5.27. The second kappa shape index (κ2) is 7.78. The zero-order valence-corrected chi connectivity index (χ0v) is 15.2. The summed E-state index contributed by atoms with van der Waals surface area (Å²) in [6, 6.07) is 17.7. The van der Waals surface area contributed by atoms with Gasteiger partial charge in [-0.05, 0) is 48.7 Å². The minimum Gasteiger partial charge on any atom is -0.336 e. The Labute approximate surface area is 153 Å². The molecule has 0 fully saturated rings. The molecule has 0 saturated heterocycles. The average molecular weight is 346 g/mol. The lowest BCUT2D eigenvalue weighted by Gasteiger charge is -2.17. The van der Waals surface area contributed by atoms with Crippen LogP contribution in [0.15, 0.2) is 60.8 Å². The van der Waals surface area contributed by atoms with E-state index >= 15 is 0 Å². The van der Waals surface area contributed by atoms with E-state index in [0.29, 0.717) is 18.2 Å². The molecule has 5 heteroatoms. The van der Waals surface area contributed by atoms with E-state index in [4.69, 9.17) is 0 Å². The highest BCUT2D eigenvalue weighted by molar-refractivity contribution is 5.92. The maximum absolute atomic E-state index is 12.7. The molecule has 3 aromatic rings. The number of anilines is 2. The molecule has 1 amide bonds. The topological polar surface area (TPSA) is 58.1 Å². The van der Waals surface area contributed by atoms with Gasteiger partial charge in [0.2, 0.25) is 5.95 Å². The van der Waals surface area contributed by atoms with Crippen LogP contribution < -0.4 is 5.32 Å². The Balaban J connectivity index is 1.74. The number of hydrogen-bond acceptors (Lipinski definition) is 4. The zero-order chi connectivity index (χ0) is 18.5. The molecule has 3 rings (SSSR count). The van der Waals surface area contributed by atoms with Crippen LogP contribution in [0.4, 0.5) is 11.6 Å². The van der Waals surface area contributed by atoms with Crippen molar-refractivity contribution in [3.63, 3.8) is 0 Å². The Hall–Kier alpha value is -3.21. The molecule has 5 nitrogen and oxygen atoms in total. The molecule has 1 aromatic heterocycles. The monoisotopic (exact) mass is 346 g/mol. The number of carbonyl (C=O) groups excluding carboxylic acids is 1. The van der Waals surface area contributed by atoms with Gasteiger partial charge in [-0.2, -0.15) is 0 Å². The van der Waals surface area contributed by atoms with Gasteiger partial charge < -0.3 is 10.2 Å². The SMILES string of the molecule is Cc1cc(C)cc(Nc2nccc(C(=O)N(C)Cc3ccccc3)n2)c1. The summed E-state index contributed by atoms with van der Waals surface area (Å²) in [5.41, 5.74) is 4.66. The van der Waals surface area contributed by atoms with E-state index in [9.17, 15) is 4.79 Å². The lowest BCUT2D eigenvalue weighted by Crippen LogP contribution is -2.27. The number of aryl methyl sites for hydroxylation is 2. The predicted molar refractivity (Wildman–Crippen MR) is 103 cm³/mol. The van der Waals surface area contributed by atoms with Gasteiger partial charge in [-0.25, -0.2) is 9.97 Å². The number of rotatable bonds is 5. The smallest absolute Gasteiger partial charge is 0.272 e. The Morgan fingerprint density at radius 2 is 1.73 bits per heavy atom. The summed E-state index contributed by atoms with van der Waals surface area (Å²) < 4.78 is 0. The Bertz CT molecular complexity index is 889. The van der Waals surface area contributed by atoms with Gasteiger partial charge in [-0.15, -0.1) is 0 Å². The Morgan fingerprint density at radius 1 is 1.04 bits per heavy atom. The summed E-state index contributed by atoms with van der Waals surface area (Å²) in [6.07, 6.45) is 1.60. The van der Waals surface area contributed by atoms with Crippen molar-refractivity contribution in [1.29, 1.82) is 0 Å². The minimum atomic E-state index is -0.139. The highest BCUT2D eigenvalue weighted by atomic mass is 16.2. The van der Waals surface area contributed by atoms with Gasteiger partial charge in [0.1, 0.15) is 5.69 Å². The summed E-state index contributed by atoms with van der Waals surface area (Å²) in [5, 5.41) is 3.18. The van der Waals surface area contributed by atoms with E-state index in [1.165, 1.54) is 0 Å². The number of nitrogens with one attached hydrogen (secondary N) is 1. The third-order valence-electron chi connectivity index (χ3n) is 3.96. The van der Waals surface area contributed by atoms with Gasteiger partial charge in [0, 0.05) is 25.5 Å². The molecule has 0 radical (unpaired) electrons. The molecule has 0 unspecified atom stereocenters. The van der Waals surface area contributed by atoms with Crippen LogP contribution in [-0.4, -0.2) is 27.8 Å². The first kappa shape index (κ1) is 17.6. The van der Waals surface area contributed by atoms with Crippen LogP contribution >= 0.6 is 0 Å².